The lowest BCUT2D eigenvalue weighted by atomic mass is 10.2. The van der Waals surface area contributed by atoms with Crippen LogP contribution in [0.15, 0.2) is 35.5 Å². The number of ether oxygens (including phenoxy) is 2. The van der Waals surface area contributed by atoms with Crippen molar-refractivity contribution in [3.63, 3.8) is 0 Å². The number of hydrogen-bond donors (Lipinski definition) is 0. The van der Waals surface area contributed by atoms with Crippen LogP contribution >= 0.6 is 11.8 Å². The highest BCUT2D eigenvalue weighted by molar-refractivity contribution is 7.99. The normalized spacial score (nSPS) is 21.2. The van der Waals surface area contributed by atoms with Gasteiger partial charge < -0.3 is 14.0 Å². The number of benzene rings is 1. The molecular formula is C16H21N3O2S. The van der Waals surface area contributed by atoms with Crippen LogP contribution in [0.3, 0.4) is 0 Å². The van der Waals surface area contributed by atoms with Crippen molar-refractivity contribution in [2.75, 3.05) is 5.75 Å². The molecule has 0 aliphatic carbocycles. The summed E-state index contributed by atoms with van der Waals surface area (Å²) in [5.74, 6) is 2.59. The number of thioether (sulfide) groups is 1. The third-order valence-corrected chi connectivity index (χ3v) is 4.91. The Morgan fingerprint density at radius 1 is 1.27 bits per heavy atom. The zero-order valence-electron chi connectivity index (χ0n) is 12.9. The number of hydrogen-bond acceptors (Lipinski definition) is 5. The zero-order valence-corrected chi connectivity index (χ0v) is 13.8. The molecule has 2 atom stereocenters. The SMILES string of the molecule is C[C@H]1CC[C@H](CSc2nnc(COc3ccccc3)n2C)O1. The molecule has 3 rings (SSSR count). The molecule has 2 aromatic rings. The number of nitrogens with zero attached hydrogens (tertiary/aromatic N) is 3. The molecule has 6 heteroatoms. The Labute approximate surface area is 135 Å². The molecule has 22 heavy (non-hydrogen) atoms. The van der Waals surface area contributed by atoms with Crippen LogP contribution in [0.2, 0.25) is 0 Å². The van der Waals surface area contributed by atoms with E-state index in [1.165, 1.54) is 0 Å². The van der Waals surface area contributed by atoms with E-state index >= 15 is 0 Å². The second-order valence-electron chi connectivity index (χ2n) is 5.52. The van der Waals surface area contributed by atoms with Crippen LogP contribution in [0.1, 0.15) is 25.6 Å². The average molecular weight is 319 g/mol. The van der Waals surface area contributed by atoms with E-state index < -0.39 is 0 Å². The summed E-state index contributed by atoms with van der Waals surface area (Å²) in [6.45, 7) is 2.55. The van der Waals surface area contributed by atoms with Crippen LogP contribution in [-0.2, 0) is 18.4 Å². The average Bonchev–Trinajstić information content (AvgIpc) is 3.10. The fraction of sp³-hybridized carbons (Fsp3) is 0.500. The Kier molecular flexibility index (Phi) is 5.00. The van der Waals surface area contributed by atoms with Crippen LogP contribution in [0.4, 0.5) is 0 Å². The predicted molar refractivity (Wildman–Crippen MR) is 86.1 cm³/mol. The molecule has 0 amide bonds. The van der Waals surface area contributed by atoms with Gasteiger partial charge in [0.05, 0.1) is 12.2 Å². The van der Waals surface area contributed by atoms with E-state index in [9.17, 15) is 0 Å². The number of rotatable bonds is 6. The second-order valence-corrected chi connectivity index (χ2v) is 6.50. The Morgan fingerprint density at radius 3 is 2.82 bits per heavy atom. The minimum Gasteiger partial charge on any atom is -0.486 e. The van der Waals surface area contributed by atoms with Gasteiger partial charge in [0.25, 0.3) is 0 Å². The van der Waals surface area contributed by atoms with E-state index in [0.717, 1.165) is 35.3 Å². The minimum atomic E-state index is 0.334. The van der Waals surface area contributed by atoms with E-state index in [0.29, 0.717) is 18.8 Å². The van der Waals surface area contributed by atoms with Crippen LogP contribution in [0.25, 0.3) is 0 Å². The molecule has 2 heterocycles. The van der Waals surface area contributed by atoms with Gasteiger partial charge in [0, 0.05) is 12.8 Å². The van der Waals surface area contributed by atoms with Crippen LogP contribution in [-0.4, -0.2) is 32.7 Å². The van der Waals surface area contributed by atoms with Crippen molar-refractivity contribution in [1.29, 1.82) is 0 Å². The van der Waals surface area contributed by atoms with Crippen LogP contribution < -0.4 is 4.74 Å². The summed E-state index contributed by atoms with van der Waals surface area (Å²) in [5, 5.41) is 9.38. The van der Waals surface area contributed by atoms with Gasteiger partial charge in [0.15, 0.2) is 11.0 Å². The van der Waals surface area contributed by atoms with Crippen LogP contribution in [0, 0.1) is 0 Å². The Bertz CT molecular complexity index is 603. The van der Waals surface area contributed by atoms with Crippen molar-refractivity contribution in [2.24, 2.45) is 7.05 Å². The summed E-state index contributed by atoms with van der Waals surface area (Å²) in [4.78, 5) is 0. The lowest BCUT2D eigenvalue weighted by molar-refractivity contribution is 0.0699. The summed E-state index contributed by atoms with van der Waals surface area (Å²) in [5.41, 5.74) is 0. The maximum Gasteiger partial charge on any atom is 0.191 e. The molecule has 1 aliphatic rings. The Morgan fingerprint density at radius 2 is 2.09 bits per heavy atom. The molecule has 5 nitrogen and oxygen atoms in total. The first-order chi connectivity index (χ1) is 10.7. The molecule has 0 saturated carbocycles. The standard InChI is InChI=1S/C16H21N3O2S/c1-12-8-9-14(21-12)11-22-16-18-17-15(19(16)2)10-20-13-6-4-3-5-7-13/h3-7,12,14H,8-11H2,1-2H3/t12-,14+/m0/s1. The molecule has 1 aromatic carbocycles. The highest BCUT2D eigenvalue weighted by Gasteiger charge is 2.22. The van der Waals surface area contributed by atoms with Gasteiger partial charge in [-0.25, -0.2) is 0 Å². The van der Waals surface area contributed by atoms with E-state index in [2.05, 4.69) is 17.1 Å². The second kappa shape index (κ2) is 7.15. The van der Waals surface area contributed by atoms with Gasteiger partial charge in [0.1, 0.15) is 12.4 Å². The van der Waals surface area contributed by atoms with Crippen LogP contribution in [0.5, 0.6) is 5.75 Å². The molecule has 0 bridgehead atoms. The Balaban J connectivity index is 1.53. The van der Waals surface area contributed by atoms with E-state index in [1.54, 1.807) is 11.8 Å². The number of para-hydroxylation sites is 1. The molecule has 1 aliphatic heterocycles. The Hall–Kier alpha value is -1.53. The quantitative estimate of drug-likeness (QED) is 0.766. The molecule has 0 N–H and O–H groups in total. The van der Waals surface area contributed by atoms with Gasteiger partial charge in [-0.1, -0.05) is 30.0 Å². The molecule has 0 spiro atoms. The first-order valence-electron chi connectivity index (χ1n) is 7.56. The molecule has 1 fully saturated rings. The van der Waals surface area contributed by atoms with Gasteiger partial charge in [0.2, 0.25) is 0 Å². The van der Waals surface area contributed by atoms with E-state index in [4.69, 9.17) is 9.47 Å². The molecular weight excluding hydrogens is 298 g/mol. The topological polar surface area (TPSA) is 49.2 Å². The van der Waals surface area contributed by atoms with Crippen molar-refractivity contribution in [3.05, 3.63) is 36.2 Å². The maximum atomic E-state index is 5.83. The van der Waals surface area contributed by atoms with Gasteiger partial charge in [-0.15, -0.1) is 10.2 Å². The van der Waals surface area contributed by atoms with Gasteiger partial charge in [-0.2, -0.15) is 0 Å². The smallest absolute Gasteiger partial charge is 0.191 e. The maximum absolute atomic E-state index is 5.83. The molecule has 118 valence electrons. The summed E-state index contributed by atoms with van der Waals surface area (Å²) < 4.78 is 13.5. The lowest BCUT2D eigenvalue weighted by Gasteiger charge is -2.10. The van der Waals surface area contributed by atoms with Crippen molar-refractivity contribution >= 4 is 11.8 Å². The van der Waals surface area contributed by atoms with Gasteiger partial charge in [-0.3, -0.25) is 0 Å². The van der Waals surface area contributed by atoms with Gasteiger partial charge in [-0.05, 0) is 31.9 Å². The third-order valence-electron chi connectivity index (χ3n) is 3.75. The monoisotopic (exact) mass is 319 g/mol. The molecule has 1 aromatic heterocycles. The lowest BCUT2D eigenvalue weighted by Crippen LogP contribution is -2.11. The zero-order chi connectivity index (χ0) is 15.4. The number of aromatic nitrogens is 3. The van der Waals surface area contributed by atoms with E-state index in [1.807, 2.05) is 41.9 Å². The van der Waals surface area contributed by atoms with Crippen molar-refractivity contribution in [2.45, 2.75) is 43.7 Å². The summed E-state index contributed by atoms with van der Waals surface area (Å²) >= 11 is 1.70. The first-order valence-corrected chi connectivity index (χ1v) is 8.55. The fourth-order valence-corrected chi connectivity index (χ4v) is 3.41. The predicted octanol–water partition coefficient (Wildman–Crippen LogP) is 3.05. The summed E-state index contributed by atoms with van der Waals surface area (Å²) in [6, 6.07) is 9.75. The van der Waals surface area contributed by atoms with Crippen molar-refractivity contribution < 1.29 is 9.47 Å². The first kappa shape index (κ1) is 15.4. The van der Waals surface area contributed by atoms with Crippen molar-refractivity contribution in [3.8, 4) is 5.75 Å². The largest absolute Gasteiger partial charge is 0.486 e. The fourth-order valence-electron chi connectivity index (χ4n) is 2.44. The minimum absolute atomic E-state index is 0.334. The molecule has 1 saturated heterocycles. The van der Waals surface area contributed by atoms with Crippen molar-refractivity contribution in [1.82, 2.24) is 14.8 Å². The highest BCUT2D eigenvalue weighted by Crippen LogP contribution is 2.25. The summed E-state index contributed by atoms with van der Waals surface area (Å²) in [7, 11) is 1.98. The highest BCUT2D eigenvalue weighted by atomic mass is 32.2. The third kappa shape index (κ3) is 3.81. The van der Waals surface area contributed by atoms with Gasteiger partial charge >= 0.3 is 0 Å². The van der Waals surface area contributed by atoms with E-state index in [-0.39, 0.29) is 0 Å². The summed E-state index contributed by atoms with van der Waals surface area (Å²) in [6.07, 6.45) is 3.01. The molecule has 0 radical (unpaired) electrons. The molecule has 0 unspecified atom stereocenters.